The average molecular weight is 575 g/mol. The lowest BCUT2D eigenvalue weighted by Crippen LogP contribution is -2.11. The van der Waals surface area contributed by atoms with Crippen LogP contribution < -0.4 is 4.90 Å². The summed E-state index contributed by atoms with van der Waals surface area (Å²) in [5.41, 5.74) is 6.95. The second-order valence-corrected chi connectivity index (χ2v) is 11.2. The monoisotopic (exact) mass is 574 g/mol. The normalized spacial score (nSPS) is 11.5. The summed E-state index contributed by atoms with van der Waals surface area (Å²) in [5, 5.41) is 7.49. The molecule has 0 bridgehead atoms. The molecule has 0 N–H and O–H groups in total. The summed E-state index contributed by atoms with van der Waals surface area (Å²) in [6, 6.07) is 57.9. The van der Waals surface area contributed by atoms with Gasteiger partial charge in [-0.1, -0.05) is 140 Å². The second kappa shape index (κ2) is 11.6. The summed E-state index contributed by atoms with van der Waals surface area (Å²) >= 11 is 0. The second-order valence-electron chi connectivity index (χ2n) is 11.2. The fourth-order valence-electron chi connectivity index (χ4n) is 6.45. The van der Waals surface area contributed by atoms with Crippen molar-refractivity contribution >= 4 is 61.7 Å². The molecule has 2 heteroatoms. The zero-order valence-corrected chi connectivity index (χ0v) is 24.7. The van der Waals surface area contributed by atoms with Gasteiger partial charge in [0.25, 0.3) is 0 Å². The third kappa shape index (κ3) is 4.93. The van der Waals surface area contributed by atoms with Crippen LogP contribution in [0.25, 0.3) is 55.6 Å². The summed E-state index contributed by atoms with van der Waals surface area (Å²) in [6.07, 6.45) is 6.39. The van der Waals surface area contributed by atoms with Gasteiger partial charge in [-0.05, 0) is 91.0 Å². The Labute approximate surface area is 263 Å². The molecule has 7 aromatic carbocycles. The topological polar surface area (TPSA) is 16.1 Å². The standard InChI is InChI=1S/C43H30N2/c1-3-16-33(17-4-1)45(34-18-5-2-6-19-34)42-29-27-31(30-44-42)26-28-38-36-21-9-11-23-40(36)43(41-24-12-10-22-37(38)41)39-25-13-15-32-14-7-8-20-35(32)39/h1-30H/b28-26+. The van der Waals surface area contributed by atoms with E-state index in [-0.39, 0.29) is 0 Å². The van der Waals surface area contributed by atoms with E-state index in [0.717, 1.165) is 22.8 Å². The van der Waals surface area contributed by atoms with Gasteiger partial charge < -0.3 is 0 Å². The summed E-state index contributed by atoms with van der Waals surface area (Å²) in [6.45, 7) is 0. The lowest BCUT2D eigenvalue weighted by molar-refractivity contribution is 1.18. The number of nitrogens with zero attached hydrogens (tertiary/aromatic N) is 2. The highest BCUT2D eigenvalue weighted by atomic mass is 15.2. The van der Waals surface area contributed by atoms with Gasteiger partial charge in [-0.2, -0.15) is 0 Å². The van der Waals surface area contributed by atoms with Gasteiger partial charge in [-0.3, -0.25) is 4.90 Å². The first-order valence-corrected chi connectivity index (χ1v) is 15.3. The molecule has 0 atom stereocenters. The number of fused-ring (bicyclic) bond motifs is 3. The number of rotatable bonds is 6. The molecule has 0 fully saturated rings. The van der Waals surface area contributed by atoms with E-state index in [0.29, 0.717) is 0 Å². The smallest absolute Gasteiger partial charge is 0.137 e. The van der Waals surface area contributed by atoms with Crippen molar-refractivity contribution in [2.45, 2.75) is 0 Å². The molecule has 0 spiro atoms. The molecule has 1 aromatic heterocycles. The quantitative estimate of drug-likeness (QED) is 0.184. The number of anilines is 3. The predicted octanol–water partition coefficient (Wildman–Crippen LogP) is 11.8. The largest absolute Gasteiger partial charge is 0.295 e. The molecule has 8 aromatic rings. The molecule has 0 aliphatic rings. The number of pyridine rings is 1. The van der Waals surface area contributed by atoms with Gasteiger partial charge >= 0.3 is 0 Å². The van der Waals surface area contributed by atoms with Gasteiger partial charge in [-0.15, -0.1) is 0 Å². The van der Waals surface area contributed by atoms with Crippen LogP contribution >= 0.6 is 0 Å². The molecule has 0 amide bonds. The number of hydrogen-bond donors (Lipinski definition) is 0. The van der Waals surface area contributed by atoms with Gasteiger partial charge in [0.05, 0.1) is 0 Å². The third-order valence-electron chi connectivity index (χ3n) is 8.50. The van der Waals surface area contributed by atoms with Crippen LogP contribution in [0.15, 0.2) is 170 Å². The van der Waals surface area contributed by atoms with Crippen LogP contribution in [0, 0.1) is 0 Å². The Kier molecular flexibility index (Phi) is 6.86. The number of aromatic nitrogens is 1. The van der Waals surface area contributed by atoms with Crippen LogP contribution in [0.1, 0.15) is 11.1 Å². The van der Waals surface area contributed by atoms with E-state index in [1.165, 1.54) is 49.0 Å². The van der Waals surface area contributed by atoms with Crippen LogP contribution in [0.2, 0.25) is 0 Å². The van der Waals surface area contributed by atoms with Crippen LogP contribution in [-0.2, 0) is 0 Å². The Balaban J connectivity index is 1.24. The highest BCUT2D eigenvalue weighted by molar-refractivity contribution is 6.20. The fourth-order valence-corrected chi connectivity index (χ4v) is 6.45. The van der Waals surface area contributed by atoms with Gasteiger partial charge in [0, 0.05) is 17.6 Å². The molecule has 0 aliphatic carbocycles. The van der Waals surface area contributed by atoms with E-state index in [1.807, 2.05) is 18.3 Å². The molecule has 2 nitrogen and oxygen atoms in total. The minimum Gasteiger partial charge on any atom is -0.295 e. The van der Waals surface area contributed by atoms with E-state index < -0.39 is 0 Å². The van der Waals surface area contributed by atoms with Crippen LogP contribution in [0.4, 0.5) is 17.2 Å². The van der Waals surface area contributed by atoms with Crippen molar-refractivity contribution < 1.29 is 0 Å². The Bertz CT molecular complexity index is 2200. The van der Waals surface area contributed by atoms with Gasteiger partial charge in [-0.25, -0.2) is 4.98 Å². The number of para-hydroxylation sites is 2. The first kappa shape index (κ1) is 26.6. The molecule has 0 radical (unpaired) electrons. The number of benzene rings is 7. The average Bonchev–Trinajstić information content (AvgIpc) is 3.11. The van der Waals surface area contributed by atoms with Crippen LogP contribution in [0.5, 0.6) is 0 Å². The molecular weight excluding hydrogens is 544 g/mol. The number of hydrogen-bond acceptors (Lipinski definition) is 2. The maximum atomic E-state index is 4.93. The highest BCUT2D eigenvalue weighted by Crippen LogP contribution is 2.42. The molecule has 0 saturated carbocycles. The van der Waals surface area contributed by atoms with E-state index in [9.17, 15) is 0 Å². The molecule has 8 rings (SSSR count). The Morgan fingerprint density at radius 3 is 1.56 bits per heavy atom. The predicted molar refractivity (Wildman–Crippen MR) is 192 cm³/mol. The van der Waals surface area contributed by atoms with E-state index >= 15 is 0 Å². The lowest BCUT2D eigenvalue weighted by Gasteiger charge is -2.24. The van der Waals surface area contributed by atoms with E-state index in [1.54, 1.807) is 0 Å². The molecule has 0 unspecified atom stereocenters. The van der Waals surface area contributed by atoms with E-state index in [2.05, 4.69) is 169 Å². The molecule has 212 valence electrons. The Morgan fingerprint density at radius 1 is 0.422 bits per heavy atom. The minimum absolute atomic E-state index is 0.875. The van der Waals surface area contributed by atoms with Crippen molar-refractivity contribution in [2.75, 3.05) is 4.90 Å². The van der Waals surface area contributed by atoms with Crippen molar-refractivity contribution in [3.8, 4) is 11.1 Å². The SMILES string of the molecule is C(=C\c1c2ccccc2c(-c2cccc3ccccc23)c2ccccc12)/c1ccc(N(c2ccccc2)c2ccccc2)nc1. The third-order valence-corrected chi connectivity index (χ3v) is 8.50. The lowest BCUT2D eigenvalue weighted by atomic mass is 9.86. The van der Waals surface area contributed by atoms with Gasteiger partial charge in [0.2, 0.25) is 0 Å². The summed E-state index contributed by atoms with van der Waals surface area (Å²) in [5.74, 6) is 0.875. The van der Waals surface area contributed by atoms with Crippen molar-refractivity contribution in [3.05, 3.63) is 181 Å². The zero-order chi connectivity index (χ0) is 30.0. The first-order chi connectivity index (χ1) is 22.3. The Morgan fingerprint density at radius 2 is 0.956 bits per heavy atom. The molecule has 0 aliphatic heterocycles. The van der Waals surface area contributed by atoms with Crippen molar-refractivity contribution in [1.29, 1.82) is 0 Å². The summed E-state index contributed by atoms with van der Waals surface area (Å²) < 4.78 is 0. The Hall–Kier alpha value is -5.99. The van der Waals surface area contributed by atoms with Crippen LogP contribution in [-0.4, -0.2) is 4.98 Å². The highest BCUT2D eigenvalue weighted by Gasteiger charge is 2.16. The summed E-state index contributed by atoms with van der Waals surface area (Å²) in [4.78, 5) is 7.11. The van der Waals surface area contributed by atoms with Crippen molar-refractivity contribution in [3.63, 3.8) is 0 Å². The maximum absolute atomic E-state index is 4.93. The zero-order valence-electron chi connectivity index (χ0n) is 24.7. The van der Waals surface area contributed by atoms with Crippen molar-refractivity contribution in [2.24, 2.45) is 0 Å². The molecule has 1 heterocycles. The molecule has 45 heavy (non-hydrogen) atoms. The maximum Gasteiger partial charge on any atom is 0.137 e. The molecular formula is C43H30N2. The summed E-state index contributed by atoms with van der Waals surface area (Å²) in [7, 11) is 0. The minimum atomic E-state index is 0.875. The van der Waals surface area contributed by atoms with E-state index in [4.69, 9.17) is 4.98 Å². The van der Waals surface area contributed by atoms with Gasteiger partial charge in [0.15, 0.2) is 0 Å². The molecule has 0 saturated heterocycles. The van der Waals surface area contributed by atoms with Crippen molar-refractivity contribution in [1.82, 2.24) is 4.98 Å². The van der Waals surface area contributed by atoms with Crippen LogP contribution in [0.3, 0.4) is 0 Å². The fraction of sp³-hybridized carbons (Fsp3) is 0. The van der Waals surface area contributed by atoms with Gasteiger partial charge in [0.1, 0.15) is 5.82 Å². The first-order valence-electron chi connectivity index (χ1n) is 15.3.